The zero-order chi connectivity index (χ0) is 17.8. The smallest absolute Gasteiger partial charge is 0.263 e. The maximum atomic E-state index is 13.9. The lowest BCUT2D eigenvalue weighted by Gasteiger charge is -2.14. The number of hydrogen-bond donors (Lipinski definition) is 1. The lowest BCUT2D eigenvalue weighted by molar-refractivity contribution is 0.0955. The lowest BCUT2D eigenvalue weighted by Crippen LogP contribution is -2.28. The van der Waals surface area contributed by atoms with E-state index >= 15 is 0 Å². The molecule has 0 bridgehead atoms. The molecule has 3 rings (SSSR count). The van der Waals surface area contributed by atoms with Crippen molar-refractivity contribution in [2.45, 2.75) is 26.2 Å². The summed E-state index contributed by atoms with van der Waals surface area (Å²) in [5.74, 6) is -1.50. The second-order valence-electron chi connectivity index (χ2n) is 6.22. The number of aryl methyl sites for hydroxylation is 1. The van der Waals surface area contributed by atoms with E-state index in [1.165, 1.54) is 25.0 Å². The van der Waals surface area contributed by atoms with Crippen molar-refractivity contribution in [1.82, 2.24) is 15.2 Å². The van der Waals surface area contributed by atoms with E-state index in [9.17, 15) is 13.6 Å². The maximum absolute atomic E-state index is 13.9. The number of carbonyl (C=O) groups excluding carboxylic acids is 1. The molecule has 25 heavy (non-hydrogen) atoms. The molecule has 0 radical (unpaired) electrons. The number of thiazole rings is 1. The molecule has 134 valence electrons. The molecule has 0 unspecified atom stereocenters. The van der Waals surface area contributed by atoms with E-state index in [-0.39, 0.29) is 11.5 Å². The highest BCUT2D eigenvalue weighted by molar-refractivity contribution is 7.17. The van der Waals surface area contributed by atoms with E-state index in [0.717, 1.165) is 43.5 Å². The molecule has 1 aliphatic rings. The van der Waals surface area contributed by atoms with Gasteiger partial charge in [0.1, 0.15) is 21.5 Å². The number of rotatable bonds is 6. The van der Waals surface area contributed by atoms with Crippen LogP contribution in [0.25, 0.3) is 10.6 Å². The molecule has 1 N–H and O–H groups in total. The summed E-state index contributed by atoms with van der Waals surface area (Å²) in [4.78, 5) is 19.5. The van der Waals surface area contributed by atoms with Gasteiger partial charge in [0, 0.05) is 18.2 Å². The van der Waals surface area contributed by atoms with Gasteiger partial charge in [0.2, 0.25) is 0 Å². The predicted molar refractivity (Wildman–Crippen MR) is 94.8 cm³/mol. The van der Waals surface area contributed by atoms with E-state index in [4.69, 9.17) is 0 Å². The molecule has 0 saturated carbocycles. The van der Waals surface area contributed by atoms with E-state index in [1.54, 1.807) is 6.92 Å². The highest BCUT2D eigenvalue weighted by atomic mass is 32.1. The van der Waals surface area contributed by atoms with E-state index in [2.05, 4.69) is 15.2 Å². The summed E-state index contributed by atoms with van der Waals surface area (Å²) in [5, 5.41) is 3.29. The Morgan fingerprint density at radius 1 is 1.32 bits per heavy atom. The molecule has 1 aromatic heterocycles. The number of halogens is 2. The van der Waals surface area contributed by atoms with E-state index in [1.807, 2.05) is 0 Å². The Bertz CT molecular complexity index is 757. The third kappa shape index (κ3) is 4.41. The monoisotopic (exact) mass is 365 g/mol. The van der Waals surface area contributed by atoms with Crippen LogP contribution < -0.4 is 5.32 Å². The number of nitrogens with one attached hydrogen (secondary N) is 1. The first-order chi connectivity index (χ1) is 12.0. The minimum atomic E-state index is -0.675. The lowest BCUT2D eigenvalue weighted by atomic mass is 10.2. The zero-order valence-electron chi connectivity index (χ0n) is 14.1. The van der Waals surface area contributed by atoms with Crippen LogP contribution in [0.1, 0.15) is 34.6 Å². The summed E-state index contributed by atoms with van der Waals surface area (Å²) in [6.07, 6.45) is 3.42. The summed E-state index contributed by atoms with van der Waals surface area (Å²) >= 11 is 1.13. The van der Waals surface area contributed by atoms with Gasteiger partial charge in [-0.05, 0) is 58.0 Å². The highest BCUT2D eigenvalue weighted by Gasteiger charge is 2.18. The van der Waals surface area contributed by atoms with Crippen LogP contribution >= 0.6 is 11.3 Å². The van der Waals surface area contributed by atoms with Crippen molar-refractivity contribution >= 4 is 17.2 Å². The van der Waals surface area contributed by atoms with Crippen LogP contribution in [0.5, 0.6) is 0 Å². The standard InChI is InChI=1S/C18H21F2N3OS/c1-12-16(17(24)21-7-4-10-23-8-2-3-9-23)25-18(22-12)14-6-5-13(19)11-15(14)20/h5-6,11H,2-4,7-10H2,1H3,(H,21,24). The molecule has 1 aliphatic heterocycles. The Kier molecular flexibility index (Phi) is 5.75. The van der Waals surface area contributed by atoms with Gasteiger partial charge in [-0.3, -0.25) is 4.79 Å². The Morgan fingerprint density at radius 3 is 2.80 bits per heavy atom. The van der Waals surface area contributed by atoms with Crippen molar-refractivity contribution in [3.8, 4) is 10.6 Å². The molecular weight excluding hydrogens is 344 g/mol. The topological polar surface area (TPSA) is 45.2 Å². The van der Waals surface area contributed by atoms with Gasteiger partial charge in [-0.25, -0.2) is 13.8 Å². The molecule has 1 amide bonds. The first kappa shape index (κ1) is 17.9. The normalized spacial score (nSPS) is 14.8. The Hall–Kier alpha value is -1.86. The van der Waals surface area contributed by atoms with Gasteiger partial charge >= 0.3 is 0 Å². The van der Waals surface area contributed by atoms with Crippen LogP contribution in [0, 0.1) is 18.6 Å². The van der Waals surface area contributed by atoms with Crippen molar-refractivity contribution in [3.05, 3.63) is 40.4 Å². The first-order valence-electron chi connectivity index (χ1n) is 8.48. The fourth-order valence-corrected chi connectivity index (χ4v) is 3.99. The largest absolute Gasteiger partial charge is 0.351 e. The molecular formula is C18H21F2N3OS. The SMILES string of the molecule is Cc1nc(-c2ccc(F)cc2F)sc1C(=O)NCCCN1CCCC1. The second kappa shape index (κ2) is 8.01. The summed E-state index contributed by atoms with van der Waals surface area (Å²) in [7, 11) is 0. The number of likely N-dealkylation sites (tertiary alicyclic amines) is 1. The Balaban J connectivity index is 1.60. The van der Waals surface area contributed by atoms with Crippen LogP contribution in [0.2, 0.25) is 0 Å². The molecule has 1 fully saturated rings. The van der Waals surface area contributed by atoms with Gasteiger partial charge < -0.3 is 10.2 Å². The molecule has 0 aliphatic carbocycles. The Labute approximate surface area is 149 Å². The van der Waals surface area contributed by atoms with Crippen LogP contribution in [0.4, 0.5) is 8.78 Å². The number of carbonyl (C=O) groups is 1. The van der Waals surface area contributed by atoms with Crippen LogP contribution in [0.15, 0.2) is 18.2 Å². The van der Waals surface area contributed by atoms with Crippen molar-refractivity contribution < 1.29 is 13.6 Å². The number of hydrogen-bond acceptors (Lipinski definition) is 4. The van der Waals surface area contributed by atoms with Gasteiger partial charge in [-0.15, -0.1) is 11.3 Å². The van der Waals surface area contributed by atoms with Crippen molar-refractivity contribution in [1.29, 1.82) is 0 Å². The Morgan fingerprint density at radius 2 is 2.08 bits per heavy atom. The molecule has 0 spiro atoms. The fourth-order valence-electron chi connectivity index (χ4n) is 2.98. The summed E-state index contributed by atoms with van der Waals surface area (Å²) in [6, 6.07) is 3.36. The maximum Gasteiger partial charge on any atom is 0.263 e. The van der Waals surface area contributed by atoms with E-state index in [0.29, 0.717) is 22.1 Å². The highest BCUT2D eigenvalue weighted by Crippen LogP contribution is 2.30. The first-order valence-corrected chi connectivity index (χ1v) is 9.29. The zero-order valence-corrected chi connectivity index (χ0v) is 15.0. The third-order valence-corrected chi connectivity index (χ3v) is 5.49. The van der Waals surface area contributed by atoms with Crippen LogP contribution in [-0.2, 0) is 0 Å². The summed E-state index contributed by atoms with van der Waals surface area (Å²) in [6.45, 7) is 5.62. The van der Waals surface area contributed by atoms with Gasteiger partial charge in [-0.1, -0.05) is 0 Å². The van der Waals surface area contributed by atoms with Crippen molar-refractivity contribution in [3.63, 3.8) is 0 Å². The quantitative estimate of drug-likeness (QED) is 0.796. The minimum Gasteiger partial charge on any atom is -0.351 e. The minimum absolute atomic E-state index is 0.190. The molecule has 4 nitrogen and oxygen atoms in total. The number of aromatic nitrogens is 1. The van der Waals surface area contributed by atoms with Gasteiger partial charge in [0.15, 0.2) is 0 Å². The second-order valence-corrected chi connectivity index (χ2v) is 7.21. The summed E-state index contributed by atoms with van der Waals surface area (Å²) in [5.41, 5.74) is 0.767. The molecule has 0 atom stereocenters. The van der Waals surface area contributed by atoms with Crippen molar-refractivity contribution in [2.75, 3.05) is 26.2 Å². The molecule has 2 aromatic rings. The number of benzene rings is 1. The van der Waals surface area contributed by atoms with Gasteiger partial charge in [0.25, 0.3) is 5.91 Å². The molecule has 1 saturated heterocycles. The third-order valence-electron chi connectivity index (χ3n) is 4.30. The molecule has 1 aromatic carbocycles. The fraction of sp³-hybridized carbons (Fsp3) is 0.444. The predicted octanol–water partition coefficient (Wildman–Crippen LogP) is 3.61. The average Bonchev–Trinajstić information content (AvgIpc) is 3.21. The van der Waals surface area contributed by atoms with Crippen LogP contribution in [-0.4, -0.2) is 42.0 Å². The van der Waals surface area contributed by atoms with Gasteiger partial charge in [0.05, 0.1) is 5.69 Å². The van der Waals surface area contributed by atoms with E-state index < -0.39 is 11.6 Å². The number of amides is 1. The average molecular weight is 365 g/mol. The summed E-state index contributed by atoms with van der Waals surface area (Å²) < 4.78 is 26.9. The molecule has 2 heterocycles. The number of nitrogens with zero attached hydrogens (tertiary/aromatic N) is 2. The van der Waals surface area contributed by atoms with Crippen molar-refractivity contribution in [2.24, 2.45) is 0 Å². The van der Waals surface area contributed by atoms with Crippen LogP contribution in [0.3, 0.4) is 0 Å². The van der Waals surface area contributed by atoms with Gasteiger partial charge in [-0.2, -0.15) is 0 Å². The molecule has 7 heteroatoms.